The summed E-state index contributed by atoms with van der Waals surface area (Å²) in [7, 11) is 1.41. The SMILES string of the molecule is COC(=O)CCCn1cc(-c2ccccc2)cn1. The van der Waals surface area contributed by atoms with E-state index in [9.17, 15) is 4.79 Å². The Bertz CT molecular complexity index is 506. The summed E-state index contributed by atoms with van der Waals surface area (Å²) >= 11 is 0. The summed E-state index contributed by atoms with van der Waals surface area (Å²) in [5.74, 6) is -0.176. The number of hydrogen-bond acceptors (Lipinski definition) is 3. The van der Waals surface area contributed by atoms with Gasteiger partial charge in [0, 0.05) is 24.7 Å². The fourth-order valence-electron chi connectivity index (χ4n) is 1.75. The van der Waals surface area contributed by atoms with Crippen molar-refractivity contribution in [2.75, 3.05) is 7.11 Å². The molecule has 0 saturated heterocycles. The van der Waals surface area contributed by atoms with E-state index in [2.05, 4.69) is 22.0 Å². The van der Waals surface area contributed by atoms with Crippen LogP contribution in [0.5, 0.6) is 0 Å². The summed E-state index contributed by atoms with van der Waals surface area (Å²) in [5, 5.41) is 4.28. The number of benzene rings is 1. The third-order valence-corrected chi connectivity index (χ3v) is 2.74. The number of aromatic nitrogens is 2. The molecule has 0 fully saturated rings. The molecule has 0 unspecified atom stereocenters. The fraction of sp³-hybridized carbons (Fsp3) is 0.286. The van der Waals surface area contributed by atoms with E-state index in [0.29, 0.717) is 6.42 Å². The Balaban J connectivity index is 1.93. The summed E-state index contributed by atoms with van der Waals surface area (Å²) in [5.41, 5.74) is 2.24. The summed E-state index contributed by atoms with van der Waals surface area (Å²) < 4.78 is 6.45. The topological polar surface area (TPSA) is 44.1 Å². The van der Waals surface area contributed by atoms with E-state index < -0.39 is 0 Å². The smallest absolute Gasteiger partial charge is 0.305 e. The summed E-state index contributed by atoms with van der Waals surface area (Å²) in [4.78, 5) is 11.0. The molecule has 1 aromatic heterocycles. The molecular weight excluding hydrogens is 228 g/mol. The second-order valence-electron chi connectivity index (χ2n) is 4.04. The molecule has 0 saturated carbocycles. The number of nitrogens with zero attached hydrogens (tertiary/aromatic N) is 2. The van der Waals surface area contributed by atoms with Crippen molar-refractivity contribution < 1.29 is 9.53 Å². The zero-order chi connectivity index (χ0) is 12.8. The van der Waals surface area contributed by atoms with Gasteiger partial charge < -0.3 is 4.74 Å². The van der Waals surface area contributed by atoms with Crippen molar-refractivity contribution in [3.05, 3.63) is 42.7 Å². The van der Waals surface area contributed by atoms with E-state index in [0.717, 1.165) is 24.1 Å². The van der Waals surface area contributed by atoms with E-state index >= 15 is 0 Å². The second-order valence-corrected chi connectivity index (χ2v) is 4.04. The molecule has 0 atom stereocenters. The summed E-state index contributed by atoms with van der Waals surface area (Å²) in [6.07, 6.45) is 5.00. The van der Waals surface area contributed by atoms with Crippen LogP contribution in [0, 0.1) is 0 Å². The first kappa shape index (κ1) is 12.4. The van der Waals surface area contributed by atoms with Gasteiger partial charge in [-0.2, -0.15) is 5.10 Å². The van der Waals surface area contributed by atoms with Gasteiger partial charge in [-0.05, 0) is 12.0 Å². The lowest BCUT2D eigenvalue weighted by Gasteiger charge is -2.00. The van der Waals surface area contributed by atoms with Crippen molar-refractivity contribution in [3.8, 4) is 11.1 Å². The van der Waals surface area contributed by atoms with Gasteiger partial charge in [0.1, 0.15) is 0 Å². The normalized spacial score (nSPS) is 10.3. The Labute approximate surface area is 106 Å². The molecule has 4 nitrogen and oxygen atoms in total. The summed E-state index contributed by atoms with van der Waals surface area (Å²) in [6, 6.07) is 10.1. The maximum atomic E-state index is 11.0. The number of esters is 1. The van der Waals surface area contributed by atoms with Crippen molar-refractivity contribution >= 4 is 5.97 Å². The van der Waals surface area contributed by atoms with Crippen LogP contribution < -0.4 is 0 Å². The van der Waals surface area contributed by atoms with Crippen LogP contribution in [0.25, 0.3) is 11.1 Å². The highest BCUT2D eigenvalue weighted by atomic mass is 16.5. The van der Waals surface area contributed by atoms with Crippen LogP contribution in [-0.4, -0.2) is 22.9 Å². The monoisotopic (exact) mass is 244 g/mol. The van der Waals surface area contributed by atoms with Gasteiger partial charge in [0.15, 0.2) is 0 Å². The lowest BCUT2D eigenvalue weighted by Crippen LogP contribution is -2.04. The maximum absolute atomic E-state index is 11.0. The highest BCUT2D eigenvalue weighted by Crippen LogP contribution is 2.17. The van der Waals surface area contributed by atoms with E-state index in [1.807, 2.05) is 35.3 Å². The molecule has 4 heteroatoms. The number of ether oxygens (including phenoxy) is 1. The molecule has 94 valence electrons. The predicted molar refractivity (Wildman–Crippen MR) is 68.9 cm³/mol. The van der Waals surface area contributed by atoms with E-state index in [1.165, 1.54) is 7.11 Å². The number of methoxy groups -OCH3 is 1. The predicted octanol–water partition coefficient (Wildman–Crippen LogP) is 2.50. The van der Waals surface area contributed by atoms with E-state index in [4.69, 9.17) is 0 Å². The highest BCUT2D eigenvalue weighted by molar-refractivity contribution is 5.69. The van der Waals surface area contributed by atoms with Crippen LogP contribution in [-0.2, 0) is 16.1 Å². The molecule has 0 bridgehead atoms. The van der Waals surface area contributed by atoms with Crippen molar-refractivity contribution in [2.24, 2.45) is 0 Å². The first-order chi connectivity index (χ1) is 8.79. The maximum Gasteiger partial charge on any atom is 0.305 e. The lowest BCUT2D eigenvalue weighted by atomic mass is 10.1. The third-order valence-electron chi connectivity index (χ3n) is 2.74. The molecule has 0 aliphatic rings. The molecule has 0 aliphatic heterocycles. The second kappa shape index (κ2) is 6.00. The van der Waals surface area contributed by atoms with Gasteiger partial charge in [0.25, 0.3) is 0 Å². The number of hydrogen-bond donors (Lipinski definition) is 0. The van der Waals surface area contributed by atoms with Gasteiger partial charge in [0.05, 0.1) is 13.3 Å². The Morgan fingerprint density at radius 2 is 2.06 bits per heavy atom. The molecule has 0 N–H and O–H groups in total. The zero-order valence-corrected chi connectivity index (χ0v) is 10.4. The molecular formula is C14H16N2O2. The zero-order valence-electron chi connectivity index (χ0n) is 10.4. The van der Waals surface area contributed by atoms with E-state index in [-0.39, 0.29) is 5.97 Å². The minimum atomic E-state index is -0.176. The molecule has 0 amide bonds. The quantitative estimate of drug-likeness (QED) is 0.759. The van der Waals surface area contributed by atoms with Crippen LogP contribution in [0.15, 0.2) is 42.7 Å². The van der Waals surface area contributed by atoms with E-state index in [1.54, 1.807) is 0 Å². The van der Waals surface area contributed by atoms with Crippen molar-refractivity contribution in [3.63, 3.8) is 0 Å². The Kier molecular flexibility index (Phi) is 4.12. The van der Waals surface area contributed by atoms with Gasteiger partial charge in [0.2, 0.25) is 0 Å². The van der Waals surface area contributed by atoms with Crippen molar-refractivity contribution in [1.29, 1.82) is 0 Å². The standard InChI is InChI=1S/C14H16N2O2/c1-18-14(17)8-5-9-16-11-13(10-15-16)12-6-3-2-4-7-12/h2-4,6-7,10-11H,5,8-9H2,1H3. The number of carbonyl (C=O) groups is 1. The fourth-order valence-corrected chi connectivity index (χ4v) is 1.75. The summed E-state index contributed by atoms with van der Waals surface area (Å²) in [6.45, 7) is 0.724. The molecule has 18 heavy (non-hydrogen) atoms. The van der Waals surface area contributed by atoms with Crippen molar-refractivity contribution in [2.45, 2.75) is 19.4 Å². The third kappa shape index (κ3) is 3.20. The minimum Gasteiger partial charge on any atom is -0.469 e. The Morgan fingerprint density at radius 3 is 2.78 bits per heavy atom. The Morgan fingerprint density at radius 1 is 1.28 bits per heavy atom. The van der Waals surface area contributed by atoms with Gasteiger partial charge in [-0.3, -0.25) is 9.48 Å². The minimum absolute atomic E-state index is 0.176. The molecule has 1 aromatic carbocycles. The molecule has 2 rings (SSSR count). The molecule has 0 radical (unpaired) electrons. The lowest BCUT2D eigenvalue weighted by molar-refractivity contribution is -0.140. The average molecular weight is 244 g/mol. The van der Waals surface area contributed by atoms with Crippen LogP contribution in [0.1, 0.15) is 12.8 Å². The molecule has 0 spiro atoms. The van der Waals surface area contributed by atoms with Crippen LogP contribution >= 0.6 is 0 Å². The van der Waals surface area contributed by atoms with Gasteiger partial charge in [-0.15, -0.1) is 0 Å². The largest absolute Gasteiger partial charge is 0.469 e. The molecule has 1 heterocycles. The van der Waals surface area contributed by atoms with Crippen LogP contribution in [0.2, 0.25) is 0 Å². The average Bonchev–Trinajstić information content (AvgIpc) is 2.88. The highest BCUT2D eigenvalue weighted by Gasteiger charge is 2.03. The number of rotatable bonds is 5. The molecule has 2 aromatic rings. The van der Waals surface area contributed by atoms with Gasteiger partial charge in [-0.1, -0.05) is 30.3 Å². The number of carbonyl (C=O) groups excluding carboxylic acids is 1. The molecule has 0 aliphatic carbocycles. The van der Waals surface area contributed by atoms with Gasteiger partial charge in [-0.25, -0.2) is 0 Å². The Hall–Kier alpha value is -2.10. The van der Waals surface area contributed by atoms with Crippen LogP contribution in [0.4, 0.5) is 0 Å². The number of aryl methyl sites for hydroxylation is 1. The van der Waals surface area contributed by atoms with Crippen LogP contribution in [0.3, 0.4) is 0 Å². The van der Waals surface area contributed by atoms with Crippen molar-refractivity contribution in [1.82, 2.24) is 9.78 Å². The van der Waals surface area contributed by atoms with Gasteiger partial charge >= 0.3 is 5.97 Å². The first-order valence-electron chi connectivity index (χ1n) is 5.94. The first-order valence-corrected chi connectivity index (χ1v) is 5.94.